The van der Waals surface area contributed by atoms with Gasteiger partial charge in [-0.3, -0.25) is 24.0 Å². The molecule has 17 heteroatoms. The summed E-state index contributed by atoms with van der Waals surface area (Å²) in [5.74, 6) is -4.50. The standard InChI is InChI=1S/C39H59N7O10/c1-6-46-28-13-8-7-11-24(28)25-18-23(14-15-29(25)46)42-37(54)26(12-9-10-16-40)43-31(49)19-41-36(53)27(17-21(2)3)44-38(55)32(22(4)5)45-39(56)35(52)34(51)33(50)30(48)20-47/h7-8,11,13-15,18,21-22,26-27,30,32-35,47-48,50-52H,6,9-10,12,16-17,19-20,40H2,1-5H3,(H,41,53)(H,42,54)(H,43,49)(H,44,55)(H,45,56)/t26-,27-,30+,32-,33+,34-,35+/m0/s1. The van der Waals surface area contributed by atoms with Crippen LogP contribution in [0.15, 0.2) is 42.5 Å². The number of nitrogens with two attached hydrogens (primary N) is 1. The van der Waals surface area contributed by atoms with Crippen molar-refractivity contribution in [3.8, 4) is 0 Å². The number of rotatable bonds is 22. The zero-order chi connectivity index (χ0) is 41.7. The number of amides is 5. The van der Waals surface area contributed by atoms with Gasteiger partial charge < -0.3 is 62.4 Å². The van der Waals surface area contributed by atoms with Crippen molar-refractivity contribution in [1.29, 1.82) is 0 Å². The van der Waals surface area contributed by atoms with E-state index in [9.17, 15) is 44.4 Å². The number of hydrogen-bond acceptors (Lipinski definition) is 11. The average Bonchev–Trinajstić information content (AvgIpc) is 3.49. The van der Waals surface area contributed by atoms with Gasteiger partial charge in [0.15, 0.2) is 6.10 Å². The average molecular weight is 786 g/mol. The maximum atomic E-state index is 13.6. The predicted molar refractivity (Wildman–Crippen MR) is 211 cm³/mol. The zero-order valence-electron chi connectivity index (χ0n) is 32.7. The van der Waals surface area contributed by atoms with Crippen molar-refractivity contribution in [2.75, 3.05) is 25.0 Å². The summed E-state index contributed by atoms with van der Waals surface area (Å²) >= 11 is 0. The van der Waals surface area contributed by atoms with E-state index in [0.717, 1.165) is 28.4 Å². The second kappa shape index (κ2) is 21.6. The van der Waals surface area contributed by atoms with Crippen LogP contribution in [0.1, 0.15) is 60.3 Å². The summed E-state index contributed by atoms with van der Waals surface area (Å²) in [7, 11) is 0. The minimum atomic E-state index is -2.27. The molecule has 0 aliphatic carbocycles. The van der Waals surface area contributed by atoms with Gasteiger partial charge in [0.2, 0.25) is 23.6 Å². The molecule has 310 valence electrons. The number of fused-ring (bicyclic) bond motifs is 3. The summed E-state index contributed by atoms with van der Waals surface area (Å²) in [6.07, 6.45) is -6.73. The fourth-order valence-electron chi connectivity index (χ4n) is 6.41. The third-order valence-electron chi connectivity index (χ3n) is 9.49. The molecule has 12 N–H and O–H groups in total. The number of aryl methyl sites for hydroxylation is 1. The Morgan fingerprint density at radius 3 is 2.07 bits per heavy atom. The summed E-state index contributed by atoms with van der Waals surface area (Å²) in [4.78, 5) is 66.2. The van der Waals surface area contributed by atoms with Crippen LogP contribution in [0.4, 0.5) is 5.69 Å². The van der Waals surface area contributed by atoms with Gasteiger partial charge in [-0.2, -0.15) is 0 Å². The van der Waals surface area contributed by atoms with Gasteiger partial charge in [0.05, 0.1) is 13.2 Å². The van der Waals surface area contributed by atoms with Crippen LogP contribution in [0.25, 0.3) is 21.8 Å². The van der Waals surface area contributed by atoms with Crippen LogP contribution in [0.3, 0.4) is 0 Å². The number of para-hydroxylation sites is 1. The molecule has 56 heavy (non-hydrogen) atoms. The molecule has 5 amide bonds. The number of nitrogens with one attached hydrogen (secondary N) is 5. The highest BCUT2D eigenvalue weighted by Crippen LogP contribution is 2.31. The molecule has 0 aliphatic rings. The van der Waals surface area contributed by atoms with Crippen molar-refractivity contribution in [2.45, 2.75) is 109 Å². The van der Waals surface area contributed by atoms with E-state index in [1.54, 1.807) is 13.8 Å². The SMILES string of the molecule is CCn1c2ccccc2c2cc(NC(=O)[C@H](CCCCN)NC(=O)CNC(=O)[C@H](CC(C)C)NC(=O)[C@@H](NC(=O)[C@H](O)[C@@H](O)[C@H](O)[C@H](O)CO)C(C)C)ccc21. The van der Waals surface area contributed by atoms with Gasteiger partial charge in [0, 0.05) is 34.0 Å². The van der Waals surface area contributed by atoms with Crippen molar-refractivity contribution in [3.05, 3.63) is 42.5 Å². The molecule has 0 fully saturated rings. The molecular formula is C39H59N7O10. The Morgan fingerprint density at radius 1 is 0.768 bits per heavy atom. The largest absolute Gasteiger partial charge is 0.394 e. The van der Waals surface area contributed by atoms with Crippen LogP contribution in [0, 0.1) is 11.8 Å². The van der Waals surface area contributed by atoms with Gasteiger partial charge in [0.25, 0.3) is 5.91 Å². The van der Waals surface area contributed by atoms with Gasteiger partial charge in [-0.05, 0) is 75.3 Å². The van der Waals surface area contributed by atoms with E-state index in [4.69, 9.17) is 10.8 Å². The lowest BCUT2D eigenvalue weighted by atomic mass is 9.98. The number of aliphatic hydroxyl groups is 5. The predicted octanol–water partition coefficient (Wildman–Crippen LogP) is -0.409. The fourth-order valence-corrected chi connectivity index (χ4v) is 6.41. The number of benzene rings is 2. The zero-order valence-corrected chi connectivity index (χ0v) is 32.7. The summed E-state index contributed by atoms with van der Waals surface area (Å²) in [5, 5.41) is 63.9. The molecule has 1 aromatic heterocycles. The molecule has 17 nitrogen and oxygen atoms in total. The first-order valence-corrected chi connectivity index (χ1v) is 19.1. The molecule has 0 unspecified atom stereocenters. The van der Waals surface area contributed by atoms with E-state index in [0.29, 0.717) is 31.5 Å². The lowest BCUT2D eigenvalue weighted by molar-refractivity contribution is -0.151. The molecule has 0 saturated heterocycles. The molecule has 0 bridgehead atoms. The number of anilines is 1. The molecule has 0 aliphatic heterocycles. The molecule has 0 radical (unpaired) electrons. The summed E-state index contributed by atoms with van der Waals surface area (Å²) in [6.45, 7) is 8.59. The van der Waals surface area contributed by atoms with Crippen LogP contribution in [-0.2, 0) is 30.5 Å². The number of carbonyl (C=O) groups is 5. The third kappa shape index (κ3) is 12.2. The molecule has 0 spiro atoms. The number of hydrogen-bond donors (Lipinski definition) is 11. The Bertz CT molecular complexity index is 1800. The third-order valence-corrected chi connectivity index (χ3v) is 9.49. The van der Waals surface area contributed by atoms with E-state index in [2.05, 4.69) is 38.1 Å². The number of carbonyl (C=O) groups excluding carboxylic acids is 5. The maximum Gasteiger partial charge on any atom is 0.252 e. The first kappa shape index (κ1) is 45.7. The van der Waals surface area contributed by atoms with Crippen molar-refractivity contribution < 1.29 is 49.5 Å². The molecule has 3 rings (SSSR count). The Morgan fingerprint density at radius 2 is 1.45 bits per heavy atom. The highest BCUT2D eigenvalue weighted by atomic mass is 16.4. The quantitative estimate of drug-likeness (QED) is 0.0583. The molecule has 7 atom stereocenters. The van der Waals surface area contributed by atoms with E-state index >= 15 is 0 Å². The van der Waals surface area contributed by atoms with Crippen LogP contribution in [0.2, 0.25) is 0 Å². The van der Waals surface area contributed by atoms with Crippen LogP contribution in [0.5, 0.6) is 0 Å². The summed E-state index contributed by atoms with van der Waals surface area (Å²) in [6, 6.07) is 10.3. The van der Waals surface area contributed by atoms with Crippen molar-refractivity contribution in [1.82, 2.24) is 25.8 Å². The van der Waals surface area contributed by atoms with Gasteiger partial charge in [-0.1, -0.05) is 45.9 Å². The van der Waals surface area contributed by atoms with Crippen LogP contribution < -0.4 is 32.3 Å². The number of aliphatic hydroxyl groups excluding tert-OH is 5. The summed E-state index contributed by atoms with van der Waals surface area (Å²) < 4.78 is 2.19. The Balaban J connectivity index is 1.67. The Kier molecular flexibility index (Phi) is 17.6. The number of nitrogens with zero attached hydrogens (tertiary/aromatic N) is 1. The second-order valence-electron chi connectivity index (χ2n) is 14.7. The lowest BCUT2D eigenvalue weighted by Crippen LogP contribution is -2.59. The highest BCUT2D eigenvalue weighted by Gasteiger charge is 2.37. The number of unbranched alkanes of at least 4 members (excludes halogenated alkanes) is 1. The smallest absolute Gasteiger partial charge is 0.252 e. The first-order valence-electron chi connectivity index (χ1n) is 19.1. The van der Waals surface area contributed by atoms with E-state index < -0.39 is 91.1 Å². The molecule has 0 saturated carbocycles. The maximum absolute atomic E-state index is 13.6. The van der Waals surface area contributed by atoms with Crippen molar-refractivity contribution >= 4 is 57.0 Å². The highest BCUT2D eigenvalue weighted by molar-refractivity contribution is 6.10. The van der Waals surface area contributed by atoms with Crippen LogP contribution >= 0.6 is 0 Å². The van der Waals surface area contributed by atoms with Crippen LogP contribution in [-0.4, -0.2) is 122 Å². The first-order chi connectivity index (χ1) is 26.5. The molecule has 3 aromatic rings. The van der Waals surface area contributed by atoms with Crippen molar-refractivity contribution in [3.63, 3.8) is 0 Å². The molecule has 2 aromatic carbocycles. The number of aromatic nitrogens is 1. The normalized spacial score (nSPS) is 15.4. The fraction of sp³-hybridized carbons (Fsp3) is 0.564. The lowest BCUT2D eigenvalue weighted by Gasteiger charge is -2.29. The Labute approximate surface area is 326 Å². The van der Waals surface area contributed by atoms with Gasteiger partial charge in [-0.25, -0.2) is 0 Å². The van der Waals surface area contributed by atoms with Gasteiger partial charge in [-0.15, -0.1) is 0 Å². The van der Waals surface area contributed by atoms with Gasteiger partial charge >= 0.3 is 0 Å². The molecular weight excluding hydrogens is 726 g/mol. The topological polar surface area (TPSA) is 278 Å². The minimum Gasteiger partial charge on any atom is -0.394 e. The van der Waals surface area contributed by atoms with Gasteiger partial charge in [0.1, 0.15) is 36.4 Å². The minimum absolute atomic E-state index is 0.100. The van der Waals surface area contributed by atoms with Crippen molar-refractivity contribution in [2.24, 2.45) is 17.6 Å². The van der Waals surface area contributed by atoms with E-state index in [1.807, 2.05) is 56.3 Å². The van der Waals surface area contributed by atoms with E-state index in [1.165, 1.54) is 0 Å². The molecule has 1 heterocycles. The summed E-state index contributed by atoms with van der Waals surface area (Å²) in [5.41, 5.74) is 8.34. The Hall–Kier alpha value is -4.65. The monoisotopic (exact) mass is 785 g/mol. The second-order valence-corrected chi connectivity index (χ2v) is 14.7. The van der Waals surface area contributed by atoms with E-state index in [-0.39, 0.29) is 12.3 Å².